The molecule has 1 aromatic rings. The van der Waals surface area contributed by atoms with E-state index in [9.17, 15) is 0 Å². The zero-order valence-corrected chi connectivity index (χ0v) is 17.0. The van der Waals surface area contributed by atoms with Crippen LogP contribution in [0.25, 0.3) is 0 Å². The Hall–Kier alpha value is -1.75. The third-order valence-corrected chi connectivity index (χ3v) is 5.85. The van der Waals surface area contributed by atoms with Gasteiger partial charge < -0.3 is 19.7 Å². The third kappa shape index (κ3) is 3.68. The summed E-state index contributed by atoms with van der Waals surface area (Å²) in [5, 5.41) is 3.67. The van der Waals surface area contributed by atoms with Gasteiger partial charge in [0.15, 0.2) is 5.96 Å². The molecule has 1 N–H and O–H groups in total. The van der Waals surface area contributed by atoms with Crippen molar-refractivity contribution in [2.45, 2.75) is 46.3 Å². The van der Waals surface area contributed by atoms with Gasteiger partial charge in [-0.2, -0.15) is 0 Å². The fourth-order valence-corrected chi connectivity index (χ4v) is 4.52. The predicted octanol–water partition coefficient (Wildman–Crippen LogP) is 3.00. The molecule has 1 saturated heterocycles. The average Bonchev–Trinajstić information content (AvgIpc) is 3.01. The molecule has 1 saturated carbocycles. The molecular weight excluding hydrogens is 326 g/mol. The monoisotopic (exact) mass is 359 g/mol. The van der Waals surface area contributed by atoms with Crippen LogP contribution in [0.5, 0.6) is 5.75 Å². The number of guanidine groups is 1. The molecule has 3 atom stereocenters. The van der Waals surface area contributed by atoms with E-state index in [1.165, 1.54) is 11.1 Å². The van der Waals surface area contributed by atoms with Crippen LogP contribution in [0.15, 0.2) is 23.2 Å². The van der Waals surface area contributed by atoms with E-state index in [-0.39, 0.29) is 5.41 Å². The number of rotatable bonds is 5. The van der Waals surface area contributed by atoms with Crippen LogP contribution in [0.2, 0.25) is 0 Å². The van der Waals surface area contributed by atoms with Gasteiger partial charge in [0.2, 0.25) is 0 Å². The zero-order chi connectivity index (χ0) is 18.9. The first-order chi connectivity index (χ1) is 12.3. The first-order valence-corrected chi connectivity index (χ1v) is 9.60. The van der Waals surface area contributed by atoms with E-state index in [1.54, 1.807) is 0 Å². The molecule has 5 nitrogen and oxygen atoms in total. The van der Waals surface area contributed by atoms with E-state index in [2.05, 4.69) is 68.2 Å². The number of fused-ring (bicyclic) bond motifs is 1. The number of nitrogens with one attached hydrogen (secondary N) is 1. The van der Waals surface area contributed by atoms with Gasteiger partial charge in [-0.1, -0.05) is 19.9 Å². The van der Waals surface area contributed by atoms with Crippen molar-refractivity contribution in [2.24, 2.45) is 16.3 Å². The van der Waals surface area contributed by atoms with Crippen molar-refractivity contribution in [1.82, 2.24) is 10.2 Å². The van der Waals surface area contributed by atoms with E-state index < -0.39 is 0 Å². The quantitative estimate of drug-likeness (QED) is 0.648. The summed E-state index contributed by atoms with van der Waals surface area (Å²) < 4.78 is 11.8. The minimum absolute atomic E-state index is 0.146. The van der Waals surface area contributed by atoms with Gasteiger partial charge in [-0.25, -0.2) is 0 Å². The van der Waals surface area contributed by atoms with E-state index >= 15 is 0 Å². The molecule has 1 aliphatic carbocycles. The molecule has 0 amide bonds. The largest absolute Gasteiger partial charge is 0.492 e. The van der Waals surface area contributed by atoms with Crippen LogP contribution >= 0.6 is 0 Å². The van der Waals surface area contributed by atoms with Gasteiger partial charge in [0.25, 0.3) is 0 Å². The van der Waals surface area contributed by atoms with Gasteiger partial charge in [-0.05, 0) is 43.5 Å². The number of aliphatic imine (C=N–C) groups is 1. The molecule has 0 radical (unpaired) electrons. The minimum Gasteiger partial charge on any atom is -0.492 e. The molecule has 0 bridgehead atoms. The van der Waals surface area contributed by atoms with Crippen LogP contribution < -0.4 is 10.1 Å². The summed E-state index contributed by atoms with van der Waals surface area (Å²) >= 11 is 0. The Bertz CT molecular complexity index is 651. The van der Waals surface area contributed by atoms with Crippen LogP contribution in [-0.4, -0.2) is 56.9 Å². The number of aryl methyl sites for hydroxylation is 2. The van der Waals surface area contributed by atoms with E-state index in [4.69, 9.17) is 9.47 Å². The number of hydrogen-bond acceptors (Lipinski definition) is 3. The molecule has 2 fully saturated rings. The smallest absolute Gasteiger partial charge is 0.193 e. The molecular formula is C21H33N3O2. The van der Waals surface area contributed by atoms with Gasteiger partial charge >= 0.3 is 0 Å². The van der Waals surface area contributed by atoms with Crippen molar-refractivity contribution >= 4 is 5.96 Å². The Kier molecular flexibility index (Phi) is 5.47. The third-order valence-electron chi connectivity index (χ3n) is 5.85. The van der Waals surface area contributed by atoms with E-state index in [0.29, 0.717) is 24.7 Å². The number of ether oxygens (including phenoxy) is 2. The highest BCUT2D eigenvalue weighted by Crippen LogP contribution is 2.52. The highest BCUT2D eigenvalue weighted by Gasteiger charge is 2.59. The molecule has 2 aliphatic rings. The lowest BCUT2D eigenvalue weighted by atomic mass is 9.57. The van der Waals surface area contributed by atoms with Crippen molar-refractivity contribution in [1.29, 1.82) is 0 Å². The van der Waals surface area contributed by atoms with Crippen LogP contribution in [0.1, 0.15) is 31.4 Å². The Morgan fingerprint density at radius 1 is 1.31 bits per heavy atom. The summed E-state index contributed by atoms with van der Waals surface area (Å²) in [4.78, 5) is 6.62. The molecule has 0 aromatic heterocycles. The lowest BCUT2D eigenvalue weighted by molar-refractivity contribution is -0.107. The molecule has 1 aromatic carbocycles. The second-order valence-corrected chi connectivity index (χ2v) is 8.33. The van der Waals surface area contributed by atoms with Gasteiger partial charge in [-0.15, -0.1) is 0 Å². The standard InChI is InChI=1S/C21H33N3O2/c1-14-11-15(2)13-16(12-14)25-10-8-24(6)20(22-5)23-18-17-7-9-26-19(17)21(18,3)4/h11-13,17-19H,7-10H2,1-6H3,(H,22,23). The lowest BCUT2D eigenvalue weighted by Gasteiger charge is -2.55. The highest BCUT2D eigenvalue weighted by atomic mass is 16.5. The maximum atomic E-state index is 5.94. The molecule has 3 unspecified atom stereocenters. The van der Waals surface area contributed by atoms with Crippen molar-refractivity contribution in [2.75, 3.05) is 33.9 Å². The summed E-state index contributed by atoms with van der Waals surface area (Å²) in [6, 6.07) is 6.73. The first kappa shape index (κ1) is 19.0. The maximum Gasteiger partial charge on any atom is 0.193 e. The summed E-state index contributed by atoms with van der Waals surface area (Å²) in [6.45, 7) is 11.1. The second kappa shape index (κ2) is 7.47. The maximum absolute atomic E-state index is 5.94. The molecule has 1 aliphatic heterocycles. The first-order valence-electron chi connectivity index (χ1n) is 9.60. The predicted molar refractivity (Wildman–Crippen MR) is 106 cm³/mol. The van der Waals surface area contributed by atoms with Gasteiger partial charge in [0, 0.05) is 38.1 Å². The summed E-state index contributed by atoms with van der Waals surface area (Å²) in [5.74, 6) is 2.46. The second-order valence-electron chi connectivity index (χ2n) is 8.33. The van der Waals surface area contributed by atoms with Crippen molar-refractivity contribution < 1.29 is 9.47 Å². The average molecular weight is 360 g/mol. The SMILES string of the molecule is CN=C(NC1C2CCOC2C1(C)C)N(C)CCOc1cc(C)cc(C)c1. The molecule has 3 rings (SSSR count). The topological polar surface area (TPSA) is 46.1 Å². The fraction of sp³-hybridized carbons (Fsp3) is 0.667. The lowest BCUT2D eigenvalue weighted by Crippen LogP contribution is -2.68. The molecule has 144 valence electrons. The van der Waals surface area contributed by atoms with Gasteiger partial charge in [-0.3, -0.25) is 4.99 Å². The van der Waals surface area contributed by atoms with Gasteiger partial charge in [0.1, 0.15) is 12.4 Å². The molecule has 1 heterocycles. The van der Waals surface area contributed by atoms with E-state index in [0.717, 1.165) is 31.3 Å². The Morgan fingerprint density at radius 3 is 2.65 bits per heavy atom. The molecule has 0 spiro atoms. The molecule has 26 heavy (non-hydrogen) atoms. The molecule has 5 heteroatoms. The van der Waals surface area contributed by atoms with Crippen molar-refractivity contribution in [3.05, 3.63) is 29.3 Å². The summed E-state index contributed by atoms with van der Waals surface area (Å²) in [5.41, 5.74) is 2.60. The van der Waals surface area contributed by atoms with Crippen molar-refractivity contribution in [3.8, 4) is 5.75 Å². The Morgan fingerprint density at radius 2 is 2.00 bits per heavy atom. The Balaban J connectivity index is 1.52. The minimum atomic E-state index is 0.146. The van der Waals surface area contributed by atoms with Crippen LogP contribution in [0, 0.1) is 25.2 Å². The summed E-state index contributed by atoms with van der Waals surface area (Å²) in [7, 11) is 3.91. The van der Waals surface area contributed by atoms with Crippen molar-refractivity contribution in [3.63, 3.8) is 0 Å². The number of benzene rings is 1. The zero-order valence-electron chi connectivity index (χ0n) is 17.0. The highest BCUT2D eigenvalue weighted by molar-refractivity contribution is 5.80. The normalized spacial score (nSPS) is 26.8. The van der Waals surface area contributed by atoms with Gasteiger partial charge in [0.05, 0.1) is 12.6 Å². The van der Waals surface area contributed by atoms with Crippen LogP contribution in [0.3, 0.4) is 0 Å². The van der Waals surface area contributed by atoms with Crippen LogP contribution in [-0.2, 0) is 4.74 Å². The Labute approximate surface area is 157 Å². The fourth-order valence-electron chi connectivity index (χ4n) is 4.52. The number of nitrogens with zero attached hydrogens (tertiary/aromatic N) is 2. The summed E-state index contributed by atoms with van der Waals surface area (Å²) in [6.07, 6.45) is 1.53. The van der Waals surface area contributed by atoms with E-state index in [1.807, 2.05) is 7.05 Å². The van der Waals surface area contributed by atoms with Crippen LogP contribution in [0.4, 0.5) is 0 Å². The number of likely N-dealkylation sites (N-methyl/N-ethyl adjacent to an activating group) is 1. The number of hydrogen-bond donors (Lipinski definition) is 1.